The Kier molecular flexibility index (Phi) is 3.20. The molecule has 2 bridgehead atoms. The maximum Gasteiger partial charge on any atom is 0.236 e. The quantitative estimate of drug-likeness (QED) is 0.791. The average Bonchev–Trinajstić information content (AvgIpc) is 3.28. The number of rotatable bonds is 3. The van der Waals surface area contributed by atoms with E-state index >= 15 is 0 Å². The molecule has 2 aromatic rings. The second-order valence-corrected chi connectivity index (χ2v) is 7.86. The van der Waals surface area contributed by atoms with Gasteiger partial charge >= 0.3 is 0 Å². The molecule has 1 amide bonds. The van der Waals surface area contributed by atoms with Crippen molar-refractivity contribution in [3.05, 3.63) is 65.7 Å². The molecule has 3 aliphatic heterocycles. The fourth-order valence-electron chi connectivity index (χ4n) is 5.44. The molecule has 5 rings (SSSR count). The Balaban J connectivity index is 1.77. The van der Waals surface area contributed by atoms with E-state index < -0.39 is 11.0 Å². The highest BCUT2D eigenvalue weighted by atomic mass is 16.5. The van der Waals surface area contributed by atoms with Crippen molar-refractivity contribution >= 4 is 17.9 Å². The van der Waals surface area contributed by atoms with Crippen LogP contribution in [0.25, 0.3) is 0 Å². The van der Waals surface area contributed by atoms with Gasteiger partial charge in [-0.1, -0.05) is 42.5 Å². The molecule has 0 radical (unpaired) electrons. The molecular weight excluding hydrogens is 326 g/mol. The fourth-order valence-corrected chi connectivity index (χ4v) is 5.44. The number of fused-ring (bicyclic) bond motifs is 1. The molecule has 1 spiro atoms. The van der Waals surface area contributed by atoms with Crippen LogP contribution in [0.2, 0.25) is 0 Å². The maximum atomic E-state index is 13.6. The molecule has 3 heterocycles. The summed E-state index contributed by atoms with van der Waals surface area (Å²) in [5.74, 6) is 0.108. The molecule has 0 unspecified atom stereocenters. The molecule has 0 aliphatic carbocycles. The van der Waals surface area contributed by atoms with Crippen LogP contribution >= 0.6 is 0 Å². The van der Waals surface area contributed by atoms with Gasteiger partial charge in [0.25, 0.3) is 0 Å². The Bertz CT molecular complexity index is 895. The number of ether oxygens (including phenoxy) is 1. The zero-order valence-electron chi connectivity index (χ0n) is 14.7. The van der Waals surface area contributed by atoms with Crippen LogP contribution in [-0.4, -0.2) is 23.9 Å². The zero-order chi connectivity index (χ0) is 17.9. The number of aldehydes is 1. The number of hydrogen-bond acceptors (Lipinski definition) is 3. The molecule has 132 valence electrons. The first-order valence-electron chi connectivity index (χ1n) is 9.21. The van der Waals surface area contributed by atoms with Gasteiger partial charge in [-0.05, 0) is 43.9 Å². The summed E-state index contributed by atoms with van der Waals surface area (Å²) in [5.41, 5.74) is 1.26. The third-order valence-electron chi connectivity index (χ3n) is 6.63. The van der Waals surface area contributed by atoms with E-state index in [9.17, 15) is 9.59 Å². The second-order valence-electron chi connectivity index (χ2n) is 7.86. The van der Waals surface area contributed by atoms with Gasteiger partial charge in [-0.15, -0.1) is 0 Å². The van der Waals surface area contributed by atoms with Crippen molar-refractivity contribution in [3.8, 4) is 0 Å². The Labute approximate surface area is 152 Å². The number of hydrogen-bond donors (Lipinski definition) is 0. The first kappa shape index (κ1) is 15.8. The predicted molar refractivity (Wildman–Crippen MR) is 98.1 cm³/mol. The smallest absolute Gasteiger partial charge is 0.236 e. The van der Waals surface area contributed by atoms with Crippen LogP contribution < -0.4 is 4.90 Å². The molecule has 4 atom stereocenters. The lowest BCUT2D eigenvalue weighted by Crippen LogP contribution is -2.44. The van der Waals surface area contributed by atoms with Crippen molar-refractivity contribution in [2.75, 3.05) is 4.90 Å². The van der Waals surface area contributed by atoms with Gasteiger partial charge < -0.3 is 9.64 Å². The highest BCUT2D eigenvalue weighted by Gasteiger charge is 2.74. The molecule has 0 aromatic heterocycles. The van der Waals surface area contributed by atoms with Crippen LogP contribution in [0.4, 0.5) is 5.69 Å². The molecular formula is C22H21NO3. The van der Waals surface area contributed by atoms with Crippen molar-refractivity contribution in [1.29, 1.82) is 0 Å². The number of anilines is 1. The fraction of sp³-hybridized carbons (Fsp3) is 0.364. The van der Waals surface area contributed by atoms with E-state index in [2.05, 4.69) is 0 Å². The highest BCUT2D eigenvalue weighted by molar-refractivity contribution is 6.03. The summed E-state index contributed by atoms with van der Waals surface area (Å²) in [7, 11) is 0. The molecule has 0 N–H and O–H groups in total. The summed E-state index contributed by atoms with van der Waals surface area (Å²) in [5, 5.41) is 0. The van der Waals surface area contributed by atoms with E-state index in [1.54, 1.807) is 0 Å². The minimum absolute atomic E-state index is 0.108. The molecule has 26 heavy (non-hydrogen) atoms. The van der Waals surface area contributed by atoms with Crippen LogP contribution in [0.1, 0.15) is 48.1 Å². The van der Waals surface area contributed by atoms with Gasteiger partial charge in [-0.2, -0.15) is 0 Å². The molecule has 0 saturated carbocycles. The van der Waals surface area contributed by atoms with E-state index in [0.29, 0.717) is 5.56 Å². The largest absolute Gasteiger partial charge is 0.368 e. The van der Waals surface area contributed by atoms with Crippen molar-refractivity contribution in [3.63, 3.8) is 0 Å². The summed E-state index contributed by atoms with van der Waals surface area (Å²) in [4.78, 5) is 27.3. The molecule has 4 heteroatoms. The summed E-state index contributed by atoms with van der Waals surface area (Å²) in [6.45, 7) is 2.05. The van der Waals surface area contributed by atoms with E-state index in [0.717, 1.165) is 36.8 Å². The number of nitrogens with zero attached hydrogens (tertiary/aromatic N) is 1. The molecule has 3 fully saturated rings. The van der Waals surface area contributed by atoms with Gasteiger partial charge in [-0.3, -0.25) is 9.59 Å². The molecule has 2 aromatic carbocycles. The number of para-hydroxylation sites is 1. The molecule has 4 nitrogen and oxygen atoms in total. The Morgan fingerprint density at radius 1 is 1.12 bits per heavy atom. The van der Waals surface area contributed by atoms with Crippen molar-refractivity contribution in [2.24, 2.45) is 5.41 Å². The maximum absolute atomic E-state index is 13.6. The third kappa shape index (κ3) is 1.78. The summed E-state index contributed by atoms with van der Waals surface area (Å²) in [6, 6.07) is 17.1. The van der Waals surface area contributed by atoms with E-state index in [4.69, 9.17) is 4.74 Å². The summed E-state index contributed by atoms with van der Waals surface area (Å²) < 4.78 is 6.50. The van der Waals surface area contributed by atoms with E-state index in [1.165, 1.54) is 0 Å². The average molecular weight is 347 g/mol. The SMILES string of the molecule is C[C@]12C[C@@H]3CC[C@]1(O3)[C@H](c1ccccc1C=O)N(c1ccccc1)C2=O. The van der Waals surface area contributed by atoms with Crippen molar-refractivity contribution in [2.45, 2.75) is 43.9 Å². The van der Waals surface area contributed by atoms with Crippen LogP contribution in [0.15, 0.2) is 54.6 Å². The van der Waals surface area contributed by atoms with Gasteiger partial charge in [-0.25, -0.2) is 0 Å². The minimum atomic E-state index is -0.566. The second kappa shape index (κ2) is 5.27. The molecule has 3 aliphatic rings. The lowest BCUT2D eigenvalue weighted by Gasteiger charge is -2.38. The lowest BCUT2D eigenvalue weighted by atomic mass is 9.65. The number of carbonyl (C=O) groups is 2. The molecule has 3 saturated heterocycles. The van der Waals surface area contributed by atoms with Gasteiger partial charge in [0, 0.05) is 11.3 Å². The standard InChI is InChI=1S/C22H21NO3/c1-21-13-17-11-12-22(21,26-17)19(18-10-6-5-7-15(18)14-24)23(20(21)25)16-8-3-2-4-9-16/h2-10,14,17,19H,11-13H2,1H3/t17-,19-,21+,22-/m0/s1. The summed E-state index contributed by atoms with van der Waals surface area (Å²) in [6.07, 6.45) is 3.62. The first-order chi connectivity index (χ1) is 12.6. The van der Waals surface area contributed by atoms with Gasteiger partial charge in [0.15, 0.2) is 0 Å². The first-order valence-corrected chi connectivity index (χ1v) is 9.21. The predicted octanol–water partition coefficient (Wildman–Crippen LogP) is 3.91. The van der Waals surface area contributed by atoms with E-state index in [-0.39, 0.29) is 18.1 Å². The van der Waals surface area contributed by atoms with Gasteiger partial charge in [0.05, 0.1) is 17.6 Å². The van der Waals surface area contributed by atoms with E-state index in [1.807, 2.05) is 66.4 Å². The summed E-state index contributed by atoms with van der Waals surface area (Å²) >= 11 is 0. The van der Waals surface area contributed by atoms with Crippen LogP contribution in [0, 0.1) is 5.41 Å². The van der Waals surface area contributed by atoms with Crippen LogP contribution in [-0.2, 0) is 9.53 Å². The van der Waals surface area contributed by atoms with Gasteiger partial charge in [0.1, 0.15) is 11.9 Å². The third-order valence-corrected chi connectivity index (χ3v) is 6.63. The van der Waals surface area contributed by atoms with Crippen LogP contribution in [0.3, 0.4) is 0 Å². The number of benzene rings is 2. The number of carbonyl (C=O) groups excluding carboxylic acids is 2. The topological polar surface area (TPSA) is 46.6 Å². The minimum Gasteiger partial charge on any atom is -0.368 e. The Hall–Kier alpha value is -2.46. The van der Waals surface area contributed by atoms with Crippen molar-refractivity contribution < 1.29 is 14.3 Å². The monoisotopic (exact) mass is 347 g/mol. The Morgan fingerprint density at radius 3 is 2.58 bits per heavy atom. The Morgan fingerprint density at radius 2 is 1.85 bits per heavy atom. The van der Waals surface area contributed by atoms with Crippen molar-refractivity contribution in [1.82, 2.24) is 0 Å². The zero-order valence-corrected chi connectivity index (χ0v) is 14.7. The number of amides is 1. The lowest BCUT2D eigenvalue weighted by molar-refractivity contribution is -0.129. The normalized spacial score (nSPS) is 35.0. The van der Waals surface area contributed by atoms with Gasteiger partial charge in [0.2, 0.25) is 5.91 Å². The van der Waals surface area contributed by atoms with Crippen LogP contribution in [0.5, 0.6) is 0 Å². The highest BCUT2D eigenvalue weighted by Crippen LogP contribution is 2.67.